The largest absolute Gasteiger partial charge is 0.493 e. The maximum Gasteiger partial charge on any atom is 0.379 e. The predicted octanol–water partition coefficient (Wildman–Crippen LogP) is 3.86. The maximum atomic E-state index is 12.0. The van der Waals surface area contributed by atoms with Crippen LogP contribution in [0.15, 0.2) is 70.4 Å². The van der Waals surface area contributed by atoms with Gasteiger partial charge in [-0.15, -0.1) is 0 Å². The van der Waals surface area contributed by atoms with Crippen LogP contribution in [-0.4, -0.2) is 24.2 Å². The van der Waals surface area contributed by atoms with Crippen LogP contribution in [0.2, 0.25) is 0 Å². The highest BCUT2D eigenvalue weighted by atomic mass is 16.6. The molecule has 3 rings (SSSR count). The Bertz CT molecular complexity index is 1010. The minimum Gasteiger partial charge on any atom is -0.493 e. The topological polar surface area (TPSA) is 116 Å². The lowest BCUT2D eigenvalue weighted by atomic mass is 10.2. The third kappa shape index (κ3) is 4.52. The van der Waals surface area contributed by atoms with E-state index in [1.54, 1.807) is 36.4 Å². The monoisotopic (exact) mass is 381 g/mol. The summed E-state index contributed by atoms with van der Waals surface area (Å²) in [5.41, 5.74) is 3.81. The minimum absolute atomic E-state index is 0.0374. The zero-order valence-corrected chi connectivity index (χ0v) is 14.7. The van der Waals surface area contributed by atoms with Crippen LogP contribution in [0.3, 0.4) is 0 Å². The SMILES string of the molecule is COc1cc(C=NNc2cccc([N+](=O)[O-])c2)ccc1OC(=O)c1ccco1. The summed E-state index contributed by atoms with van der Waals surface area (Å²) in [7, 11) is 1.45. The number of carbonyl (C=O) groups excluding carboxylic acids is 1. The van der Waals surface area contributed by atoms with Gasteiger partial charge in [0.05, 0.1) is 30.2 Å². The Hall–Kier alpha value is -4.14. The summed E-state index contributed by atoms with van der Waals surface area (Å²) in [6.45, 7) is 0. The van der Waals surface area contributed by atoms with Gasteiger partial charge in [0, 0.05) is 12.1 Å². The van der Waals surface area contributed by atoms with Gasteiger partial charge >= 0.3 is 5.97 Å². The molecule has 1 heterocycles. The van der Waals surface area contributed by atoms with E-state index in [0.717, 1.165) is 0 Å². The predicted molar refractivity (Wildman–Crippen MR) is 101 cm³/mol. The second-order valence-electron chi connectivity index (χ2n) is 5.45. The van der Waals surface area contributed by atoms with Crippen LogP contribution in [0.5, 0.6) is 11.5 Å². The molecule has 1 N–H and O–H groups in total. The molecule has 0 fully saturated rings. The highest BCUT2D eigenvalue weighted by Gasteiger charge is 2.14. The second kappa shape index (κ2) is 8.49. The number of nitrogens with zero attached hydrogens (tertiary/aromatic N) is 2. The molecule has 1 aromatic heterocycles. The van der Waals surface area contributed by atoms with E-state index < -0.39 is 10.9 Å². The number of nitro groups is 1. The van der Waals surface area contributed by atoms with Crippen LogP contribution in [0, 0.1) is 10.1 Å². The van der Waals surface area contributed by atoms with Gasteiger partial charge in [0.2, 0.25) is 5.76 Å². The van der Waals surface area contributed by atoms with Crippen molar-refractivity contribution in [3.05, 3.63) is 82.3 Å². The summed E-state index contributed by atoms with van der Waals surface area (Å²) < 4.78 is 15.5. The van der Waals surface area contributed by atoms with Gasteiger partial charge in [-0.05, 0) is 42.0 Å². The van der Waals surface area contributed by atoms with E-state index in [-0.39, 0.29) is 17.2 Å². The number of anilines is 1. The third-order valence-electron chi connectivity index (χ3n) is 3.58. The summed E-state index contributed by atoms with van der Waals surface area (Å²) in [5.74, 6) is -0.00204. The molecular formula is C19H15N3O6. The van der Waals surface area contributed by atoms with E-state index in [1.165, 1.54) is 37.8 Å². The molecule has 0 aliphatic rings. The molecule has 0 aliphatic carbocycles. The second-order valence-corrected chi connectivity index (χ2v) is 5.45. The van der Waals surface area contributed by atoms with E-state index in [1.807, 2.05) is 0 Å². The number of methoxy groups -OCH3 is 1. The first-order chi connectivity index (χ1) is 13.6. The van der Waals surface area contributed by atoms with Crippen molar-refractivity contribution < 1.29 is 23.6 Å². The molecular weight excluding hydrogens is 366 g/mol. The first-order valence-corrected chi connectivity index (χ1v) is 8.04. The zero-order chi connectivity index (χ0) is 19.9. The molecule has 0 saturated heterocycles. The van der Waals surface area contributed by atoms with Gasteiger partial charge in [0.1, 0.15) is 0 Å². The molecule has 0 amide bonds. The van der Waals surface area contributed by atoms with Crippen LogP contribution >= 0.6 is 0 Å². The molecule has 0 unspecified atom stereocenters. The number of ether oxygens (including phenoxy) is 2. The molecule has 9 heteroatoms. The van der Waals surface area contributed by atoms with E-state index in [0.29, 0.717) is 17.0 Å². The van der Waals surface area contributed by atoms with Gasteiger partial charge in [-0.3, -0.25) is 15.5 Å². The van der Waals surface area contributed by atoms with Gasteiger partial charge in [-0.25, -0.2) is 4.79 Å². The fourth-order valence-electron chi connectivity index (χ4n) is 2.26. The summed E-state index contributed by atoms with van der Waals surface area (Å²) in [4.78, 5) is 22.3. The number of nitrogens with one attached hydrogen (secondary N) is 1. The van der Waals surface area contributed by atoms with E-state index >= 15 is 0 Å². The number of benzene rings is 2. The van der Waals surface area contributed by atoms with Crippen molar-refractivity contribution in [2.24, 2.45) is 5.10 Å². The average molecular weight is 381 g/mol. The van der Waals surface area contributed by atoms with Crippen molar-refractivity contribution in [2.75, 3.05) is 12.5 Å². The summed E-state index contributed by atoms with van der Waals surface area (Å²) in [5, 5.41) is 14.8. The maximum absolute atomic E-state index is 12.0. The van der Waals surface area contributed by atoms with Crippen molar-refractivity contribution in [3.63, 3.8) is 0 Å². The molecule has 0 atom stereocenters. The van der Waals surface area contributed by atoms with Crippen LogP contribution < -0.4 is 14.9 Å². The van der Waals surface area contributed by atoms with Crippen molar-refractivity contribution in [2.45, 2.75) is 0 Å². The number of hydrogen-bond acceptors (Lipinski definition) is 8. The van der Waals surface area contributed by atoms with Crippen LogP contribution in [0.25, 0.3) is 0 Å². The summed E-state index contributed by atoms with van der Waals surface area (Å²) in [6, 6.07) is 13.9. The Morgan fingerprint density at radius 1 is 1.18 bits per heavy atom. The molecule has 142 valence electrons. The van der Waals surface area contributed by atoms with E-state index in [9.17, 15) is 14.9 Å². The highest BCUT2D eigenvalue weighted by molar-refractivity contribution is 5.89. The van der Waals surface area contributed by atoms with Gasteiger partial charge in [-0.1, -0.05) is 6.07 Å². The van der Waals surface area contributed by atoms with Crippen molar-refractivity contribution >= 4 is 23.6 Å². The van der Waals surface area contributed by atoms with Gasteiger partial charge < -0.3 is 13.9 Å². The zero-order valence-electron chi connectivity index (χ0n) is 14.7. The number of furan rings is 1. The van der Waals surface area contributed by atoms with Crippen LogP contribution in [0.4, 0.5) is 11.4 Å². The lowest BCUT2D eigenvalue weighted by molar-refractivity contribution is -0.384. The van der Waals surface area contributed by atoms with Crippen molar-refractivity contribution in [1.29, 1.82) is 0 Å². The molecule has 0 bridgehead atoms. The Kier molecular flexibility index (Phi) is 5.66. The van der Waals surface area contributed by atoms with Crippen LogP contribution in [0.1, 0.15) is 16.1 Å². The lowest BCUT2D eigenvalue weighted by Gasteiger charge is -2.09. The number of carbonyl (C=O) groups is 1. The van der Waals surface area contributed by atoms with Crippen molar-refractivity contribution in [1.82, 2.24) is 0 Å². The summed E-state index contributed by atoms with van der Waals surface area (Å²) in [6.07, 6.45) is 2.88. The number of hydrazone groups is 1. The normalized spacial score (nSPS) is 10.6. The Balaban J connectivity index is 1.69. The Morgan fingerprint density at radius 3 is 2.75 bits per heavy atom. The molecule has 0 saturated carbocycles. The number of hydrogen-bond donors (Lipinski definition) is 1. The van der Waals surface area contributed by atoms with E-state index in [2.05, 4.69) is 10.5 Å². The lowest BCUT2D eigenvalue weighted by Crippen LogP contribution is -2.08. The Morgan fingerprint density at radius 2 is 2.04 bits per heavy atom. The van der Waals surface area contributed by atoms with Crippen LogP contribution in [-0.2, 0) is 0 Å². The fourth-order valence-corrected chi connectivity index (χ4v) is 2.26. The number of non-ortho nitro benzene ring substituents is 1. The average Bonchev–Trinajstić information content (AvgIpc) is 3.24. The third-order valence-corrected chi connectivity index (χ3v) is 3.58. The summed E-state index contributed by atoms with van der Waals surface area (Å²) >= 11 is 0. The minimum atomic E-state index is -0.642. The Labute approximate surface area is 159 Å². The molecule has 9 nitrogen and oxygen atoms in total. The number of rotatable bonds is 7. The van der Waals surface area contributed by atoms with Crippen molar-refractivity contribution in [3.8, 4) is 11.5 Å². The number of nitro benzene ring substituents is 1. The standard InChI is InChI=1S/C19H15N3O6/c1-26-18-10-13(7-8-16(18)28-19(23)17-6-3-9-27-17)12-20-21-14-4-2-5-15(11-14)22(24)25/h2-12,21H,1H3. The quantitative estimate of drug-likeness (QED) is 0.217. The first-order valence-electron chi connectivity index (χ1n) is 8.04. The van der Waals surface area contributed by atoms with Gasteiger partial charge in [-0.2, -0.15) is 5.10 Å². The number of esters is 1. The fraction of sp³-hybridized carbons (Fsp3) is 0.0526. The molecule has 0 radical (unpaired) electrons. The van der Waals surface area contributed by atoms with E-state index in [4.69, 9.17) is 13.9 Å². The molecule has 3 aromatic rings. The molecule has 28 heavy (non-hydrogen) atoms. The van der Waals surface area contributed by atoms with Gasteiger partial charge in [0.15, 0.2) is 11.5 Å². The molecule has 0 spiro atoms. The smallest absolute Gasteiger partial charge is 0.379 e. The molecule has 0 aliphatic heterocycles. The first kappa shape index (κ1) is 18.6. The highest BCUT2D eigenvalue weighted by Crippen LogP contribution is 2.28. The molecule has 2 aromatic carbocycles. The van der Waals surface area contributed by atoms with Gasteiger partial charge in [0.25, 0.3) is 5.69 Å².